The van der Waals surface area contributed by atoms with Crippen molar-refractivity contribution in [2.45, 2.75) is 38.6 Å². The van der Waals surface area contributed by atoms with Gasteiger partial charge in [-0.15, -0.1) is 0 Å². The molecule has 7 rings (SSSR count). The topological polar surface area (TPSA) is 58.0 Å². The van der Waals surface area contributed by atoms with Gasteiger partial charge in [-0.3, -0.25) is 0 Å². The van der Waals surface area contributed by atoms with Crippen molar-refractivity contribution in [2.75, 3.05) is 5.32 Å². The van der Waals surface area contributed by atoms with Crippen LogP contribution >= 0.6 is 0 Å². The Kier molecular flexibility index (Phi) is 5.25. The predicted octanol–water partition coefficient (Wildman–Crippen LogP) is 7.36. The van der Waals surface area contributed by atoms with Gasteiger partial charge in [0.25, 0.3) is 0 Å². The van der Waals surface area contributed by atoms with E-state index in [4.69, 9.17) is 11.6 Å². The monoisotopic (exact) mass is 469 g/mol. The van der Waals surface area contributed by atoms with Crippen LogP contribution in [0.3, 0.4) is 0 Å². The second-order valence-corrected chi connectivity index (χ2v) is 9.78. The quantitative estimate of drug-likeness (QED) is 0.307. The third kappa shape index (κ3) is 3.56. The zero-order valence-electron chi connectivity index (χ0n) is 19.4. The van der Waals surface area contributed by atoms with Gasteiger partial charge in [-0.1, -0.05) is 37.3 Å². The van der Waals surface area contributed by atoms with Gasteiger partial charge in [-0.2, -0.15) is 0 Å². The third-order valence-electron chi connectivity index (χ3n) is 7.98. The first kappa shape index (κ1) is 21.7. The second kappa shape index (κ2) is 8.46. The van der Waals surface area contributed by atoms with E-state index in [-0.39, 0.29) is 23.1 Å². The highest BCUT2D eigenvalue weighted by molar-refractivity contribution is 6.00. The minimum Gasteiger partial charge on any atom is -0.364 e. The number of benzene rings is 1. The number of nitrogens with zero attached hydrogens (tertiary/aromatic N) is 3. The van der Waals surface area contributed by atoms with Crippen molar-refractivity contribution in [3.05, 3.63) is 71.8 Å². The minimum absolute atomic E-state index is 0.0997. The number of nitrogens with one attached hydrogen (secondary N) is 2. The first-order valence-corrected chi connectivity index (χ1v) is 12.1. The fourth-order valence-electron chi connectivity index (χ4n) is 6.15. The number of hydrogen-bond donors (Lipinski definition) is 2. The number of fused-ring (bicyclic) bond motifs is 4. The number of H-pyrrole nitrogens is 1. The van der Waals surface area contributed by atoms with Crippen molar-refractivity contribution in [1.82, 2.24) is 15.0 Å². The molecule has 2 N–H and O–H groups in total. The van der Waals surface area contributed by atoms with E-state index in [1.807, 2.05) is 18.2 Å². The van der Waals surface area contributed by atoms with E-state index in [2.05, 4.69) is 27.1 Å². The molecule has 7 heteroatoms. The molecule has 2 bridgehead atoms. The van der Waals surface area contributed by atoms with Gasteiger partial charge in [0.2, 0.25) is 5.69 Å². The molecular weight excluding hydrogens is 444 g/mol. The fourth-order valence-corrected chi connectivity index (χ4v) is 6.15. The number of pyridine rings is 2. The van der Waals surface area contributed by atoms with Crippen molar-refractivity contribution in [3.63, 3.8) is 0 Å². The van der Waals surface area contributed by atoms with Gasteiger partial charge in [0.1, 0.15) is 11.5 Å². The predicted molar refractivity (Wildman–Crippen MR) is 133 cm³/mol. The summed E-state index contributed by atoms with van der Waals surface area (Å²) < 4.78 is 30.3. The molecule has 176 valence electrons. The Labute approximate surface area is 202 Å². The summed E-state index contributed by atoms with van der Waals surface area (Å²) in [5.74, 6) is 0.668. The van der Waals surface area contributed by atoms with Gasteiger partial charge >= 0.3 is 0 Å². The van der Waals surface area contributed by atoms with Crippen LogP contribution in [0.25, 0.3) is 38.3 Å². The molecule has 3 aliphatic carbocycles. The molecule has 3 heterocycles. The van der Waals surface area contributed by atoms with Crippen LogP contribution in [0.2, 0.25) is 0 Å². The Bertz CT molecular complexity index is 1450. The van der Waals surface area contributed by atoms with Crippen LogP contribution in [-0.2, 0) is 0 Å². The smallest absolute Gasteiger partial charge is 0.223 e. The van der Waals surface area contributed by atoms with E-state index in [1.54, 1.807) is 18.3 Å². The third-order valence-corrected chi connectivity index (χ3v) is 7.98. The molecule has 0 spiro atoms. The molecule has 3 fully saturated rings. The van der Waals surface area contributed by atoms with Crippen LogP contribution in [0.1, 0.15) is 32.6 Å². The lowest BCUT2D eigenvalue weighted by atomic mass is 9.62. The Balaban J connectivity index is 1.57. The molecule has 0 saturated heterocycles. The molecular formula is C28H25F2N5. The lowest BCUT2D eigenvalue weighted by Crippen LogP contribution is -2.47. The highest BCUT2D eigenvalue weighted by atomic mass is 19.1. The lowest BCUT2D eigenvalue weighted by molar-refractivity contribution is 0.0926. The van der Waals surface area contributed by atoms with E-state index in [0.717, 1.165) is 19.0 Å². The molecule has 0 unspecified atom stereocenters. The largest absolute Gasteiger partial charge is 0.364 e. The lowest BCUT2D eigenvalue weighted by Gasteiger charge is -2.47. The number of rotatable bonds is 4. The van der Waals surface area contributed by atoms with Crippen LogP contribution in [0, 0.1) is 36.0 Å². The maximum Gasteiger partial charge on any atom is 0.223 e. The zero-order valence-corrected chi connectivity index (χ0v) is 19.4. The van der Waals surface area contributed by atoms with Gasteiger partial charge in [0.05, 0.1) is 18.5 Å². The molecule has 4 aromatic rings. The summed E-state index contributed by atoms with van der Waals surface area (Å²) in [4.78, 5) is 15.6. The van der Waals surface area contributed by atoms with E-state index in [0.29, 0.717) is 45.6 Å². The Morgan fingerprint density at radius 2 is 1.83 bits per heavy atom. The van der Waals surface area contributed by atoms with Gasteiger partial charge in [0.15, 0.2) is 11.6 Å². The molecule has 5 nitrogen and oxygen atoms in total. The maximum atomic E-state index is 16.2. The van der Waals surface area contributed by atoms with Crippen LogP contribution in [0.15, 0.2) is 48.8 Å². The van der Waals surface area contributed by atoms with Crippen molar-refractivity contribution in [1.29, 1.82) is 0 Å². The summed E-state index contributed by atoms with van der Waals surface area (Å²) in [6.07, 6.45) is 7.53. The van der Waals surface area contributed by atoms with Gasteiger partial charge < -0.3 is 10.3 Å². The van der Waals surface area contributed by atoms with E-state index < -0.39 is 11.6 Å². The van der Waals surface area contributed by atoms with Gasteiger partial charge in [-0.25, -0.2) is 23.6 Å². The summed E-state index contributed by atoms with van der Waals surface area (Å²) in [6, 6.07) is 10.6. The summed E-state index contributed by atoms with van der Waals surface area (Å²) in [6.45, 7) is 10.2. The molecule has 3 aromatic heterocycles. The second-order valence-electron chi connectivity index (χ2n) is 9.78. The fraction of sp³-hybridized carbons (Fsp3) is 0.321. The first-order chi connectivity index (χ1) is 17.0. The average Bonchev–Trinajstić information content (AvgIpc) is 3.30. The molecule has 3 saturated carbocycles. The summed E-state index contributed by atoms with van der Waals surface area (Å²) in [5, 5.41) is 3.97. The standard InChI is InChI=1S/C28H25F2N5/c1-15-16-8-10-18(11-9-16)24(15)34-28-23(30)22(17-6-4-3-5-7-17)26(31-2)25(35-28)21-14-33-27-20(21)12-19(29)13-32-27/h3-7,12-16,18,24H,8-11H2,1H3,(H,32,33)(H,34,35)/t15-,16?,18?,24+/m1/s1. The SMILES string of the molecule is [C-]#[N+]c1c(-c2c[nH]c3ncc(F)cc23)nc(N[C@@H]2C3CCC(CC3)[C@H]2C)c(F)c1-c1ccccc1. The van der Waals surface area contributed by atoms with E-state index in [1.165, 1.54) is 18.9 Å². The average molecular weight is 470 g/mol. The highest BCUT2D eigenvalue weighted by Gasteiger charge is 2.42. The van der Waals surface area contributed by atoms with Crippen molar-refractivity contribution < 1.29 is 8.78 Å². The van der Waals surface area contributed by atoms with Crippen LogP contribution < -0.4 is 5.32 Å². The number of hydrogen-bond acceptors (Lipinski definition) is 3. The Hall–Kier alpha value is -3.79. The highest BCUT2D eigenvalue weighted by Crippen LogP contribution is 2.48. The number of halogens is 2. The first-order valence-electron chi connectivity index (χ1n) is 12.1. The summed E-state index contributed by atoms with van der Waals surface area (Å²) in [5.41, 5.74) is 2.23. The van der Waals surface area contributed by atoms with Crippen molar-refractivity contribution in [2.24, 2.45) is 17.8 Å². The van der Waals surface area contributed by atoms with Crippen LogP contribution in [-0.4, -0.2) is 21.0 Å². The molecule has 1 aromatic carbocycles. The normalized spacial score (nSPS) is 23.4. The molecule has 2 atom stereocenters. The van der Waals surface area contributed by atoms with Gasteiger partial charge in [0, 0.05) is 28.8 Å². The molecule has 3 aliphatic rings. The molecule has 0 aliphatic heterocycles. The number of aromatic nitrogens is 3. The Morgan fingerprint density at radius 1 is 1.09 bits per heavy atom. The summed E-state index contributed by atoms with van der Waals surface area (Å²) >= 11 is 0. The number of aromatic amines is 1. The minimum atomic E-state index is -0.524. The van der Waals surface area contributed by atoms with Crippen LogP contribution in [0.5, 0.6) is 0 Å². The van der Waals surface area contributed by atoms with E-state index >= 15 is 4.39 Å². The number of anilines is 1. The zero-order chi connectivity index (χ0) is 24.1. The van der Waals surface area contributed by atoms with Crippen molar-refractivity contribution >= 4 is 22.5 Å². The Morgan fingerprint density at radius 3 is 2.54 bits per heavy atom. The van der Waals surface area contributed by atoms with E-state index in [9.17, 15) is 4.39 Å². The molecule has 0 radical (unpaired) electrons. The van der Waals surface area contributed by atoms with Crippen molar-refractivity contribution in [3.8, 4) is 22.4 Å². The molecule has 35 heavy (non-hydrogen) atoms. The summed E-state index contributed by atoms with van der Waals surface area (Å²) in [7, 11) is 0. The maximum absolute atomic E-state index is 16.2. The van der Waals surface area contributed by atoms with Crippen LogP contribution in [0.4, 0.5) is 20.3 Å². The van der Waals surface area contributed by atoms with Gasteiger partial charge in [-0.05, 0) is 55.1 Å². The molecule has 0 amide bonds.